The molecule has 1 aliphatic rings. The Morgan fingerprint density at radius 1 is 1.32 bits per heavy atom. The number of likely N-dealkylation sites (tertiary alicyclic amines) is 1. The predicted molar refractivity (Wildman–Crippen MR) is 93.6 cm³/mol. The van der Waals surface area contributed by atoms with Gasteiger partial charge in [0.25, 0.3) is 5.91 Å². The van der Waals surface area contributed by atoms with Crippen molar-refractivity contribution in [3.05, 3.63) is 68.3 Å². The molecule has 0 bridgehead atoms. The number of aromatic nitrogens is 4. The number of nitrogens with zero attached hydrogens (tertiary/aromatic N) is 3. The summed E-state index contributed by atoms with van der Waals surface area (Å²) in [4.78, 5) is 33.0. The van der Waals surface area contributed by atoms with Gasteiger partial charge >= 0.3 is 5.69 Å². The first-order chi connectivity index (χ1) is 12.2. The zero-order valence-electron chi connectivity index (χ0n) is 13.4. The summed E-state index contributed by atoms with van der Waals surface area (Å²) in [6, 6.07) is 9.86. The maximum Gasteiger partial charge on any atom is 0.340 e. The van der Waals surface area contributed by atoms with Crippen LogP contribution >= 0.6 is 11.3 Å². The van der Waals surface area contributed by atoms with Crippen molar-refractivity contribution < 1.29 is 4.79 Å². The van der Waals surface area contributed by atoms with Crippen molar-refractivity contribution in [2.75, 3.05) is 6.54 Å². The van der Waals surface area contributed by atoms with Gasteiger partial charge < -0.3 is 4.90 Å². The van der Waals surface area contributed by atoms with E-state index in [9.17, 15) is 9.59 Å². The molecule has 0 radical (unpaired) electrons. The average Bonchev–Trinajstić information content (AvgIpc) is 3.35. The van der Waals surface area contributed by atoms with Gasteiger partial charge in [-0.15, -0.1) is 11.3 Å². The van der Waals surface area contributed by atoms with Crippen LogP contribution in [0.4, 0.5) is 0 Å². The van der Waals surface area contributed by atoms with Gasteiger partial charge in [-0.25, -0.2) is 14.9 Å². The number of H-pyrrole nitrogens is 2. The summed E-state index contributed by atoms with van der Waals surface area (Å²) in [7, 11) is 0. The van der Waals surface area contributed by atoms with Crippen LogP contribution in [0.25, 0.3) is 0 Å². The maximum atomic E-state index is 12.8. The average molecular weight is 355 g/mol. The van der Waals surface area contributed by atoms with E-state index in [1.807, 2.05) is 35.7 Å². The van der Waals surface area contributed by atoms with Crippen molar-refractivity contribution >= 4 is 17.2 Å². The van der Waals surface area contributed by atoms with Crippen LogP contribution in [-0.2, 0) is 6.42 Å². The summed E-state index contributed by atoms with van der Waals surface area (Å²) >= 11 is 1.49. The Balaban J connectivity index is 1.51. The van der Waals surface area contributed by atoms with Crippen molar-refractivity contribution in [3.8, 4) is 0 Å². The summed E-state index contributed by atoms with van der Waals surface area (Å²) < 4.78 is 0. The highest BCUT2D eigenvalue weighted by molar-refractivity contribution is 7.09. The summed E-state index contributed by atoms with van der Waals surface area (Å²) in [5, 5.41) is 9.07. The Hall–Kier alpha value is -2.74. The summed E-state index contributed by atoms with van der Waals surface area (Å²) in [6.07, 6.45) is 2.38. The van der Waals surface area contributed by atoms with Crippen molar-refractivity contribution in [2.45, 2.75) is 25.3 Å². The molecule has 0 unspecified atom stereocenters. The molecule has 2 N–H and O–H groups in total. The zero-order valence-corrected chi connectivity index (χ0v) is 14.3. The van der Waals surface area contributed by atoms with E-state index in [4.69, 9.17) is 0 Å². The van der Waals surface area contributed by atoms with Crippen LogP contribution < -0.4 is 5.69 Å². The normalized spacial score (nSPS) is 17.1. The molecule has 1 amide bonds. The number of rotatable bonds is 4. The molecule has 1 saturated heterocycles. The second kappa shape index (κ2) is 6.64. The fraction of sp³-hybridized carbons (Fsp3) is 0.294. The number of hydrogen-bond donors (Lipinski definition) is 2. The van der Waals surface area contributed by atoms with Gasteiger partial charge in [0.15, 0.2) is 5.82 Å². The van der Waals surface area contributed by atoms with Crippen LogP contribution in [0.5, 0.6) is 0 Å². The topological polar surface area (TPSA) is 94.7 Å². The molecule has 1 atom stereocenters. The van der Waals surface area contributed by atoms with E-state index < -0.39 is 0 Å². The molecule has 3 heterocycles. The van der Waals surface area contributed by atoms with Gasteiger partial charge in [-0.2, -0.15) is 5.10 Å². The van der Waals surface area contributed by atoms with Crippen LogP contribution in [0.3, 0.4) is 0 Å². The third kappa shape index (κ3) is 3.25. The Morgan fingerprint density at radius 3 is 2.92 bits per heavy atom. The zero-order chi connectivity index (χ0) is 17.2. The van der Waals surface area contributed by atoms with E-state index in [-0.39, 0.29) is 17.6 Å². The molecule has 2 aromatic heterocycles. The Bertz CT molecular complexity index is 930. The van der Waals surface area contributed by atoms with E-state index in [2.05, 4.69) is 20.2 Å². The number of carbonyl (C=O) groups excluding carboxylic acids is 1. The van der Waals surface area contributed by atoms with E-state index in [0.717, 1.165) is 24.3 Å². The minimum atomic E-state index is -0.354. The SMILES string of the molecule is O=C(c1csc(Cc2ccccc2)n1)N1CCC[C@H]1c1n[nH]c(=O)[nH]1. The number of amides is 1. The van der Waals surface area contributed by atoms with Gasteiger partial charge in [-0.1, -0.05) is 30.3 Å². The molecule has 0 aliphatic carbocycles. The number of carbonyl (C=O) groups is 1. The van der Waals surface area contributed by atoms with Gasteiger partial charge in [0.1, 0.15) is 5.69 Å². The highest BCUT2D eigenvalue weighted by Crippen LogP contribution is 2.31. The highest BCUT2D eigenvalue weighted by Gasteiger charge is 2.33. The van der Waals surface area contributed by atoms with Crippen LogP contribution in [0, 0.1) is 0 Å². The molecule has 4 rings (SSSR count). The molecular weight excluding hydrogens is 338 g/mol. The van der Waals surface area contributed by atoms with Gasteiger partial charge in [0.05, 0.1) is 11.0 Å². The van der Waals surface area contributed by atoms with Gasteiger partial charge in [-0.05, 0) is 18.4 Å². The molecule has 0 saturated carbocycles. The quantitative estimate of drug-likeness (QED) is 0.749. The van der Waals surface area contributed by atoms with Crippen LogP contribution in [0.15, 0.2) is 40.5 Å². The summed E-state index contributed by atoms with van der Waals surface area (Å²) in [6.45, 7) is 0.643. The van der Waals surface area contributed by atoms with Crippen molar-refractivity contribution in [1.82, 2.24) is 25.1 Å². The van der Waals surface area contributed by atoms with Crippen LogP contribution in [0.1, 0.15) is 45.8 Å². The lowest BCUT2D eigenvalue weighted by molar-refractivity contribution is 0.0724. The van der Waals surface area contributed by atoms with Crippen molar-refractivity contribution in [2.24, 2.45) is 0 Å². The summed E-state index contributed by atoms with van der Waals surface area (Å²) in [5.41, 5.74) is 1.28. The maximum absolute atomic E-state index is 12.8. The molecule has 25 heavy (non-hydrogen) atoms. The molecule has 0 spiro atoms. The third-order valence-electron chi connectivity index (χ3n) is 4.32. The minimum absolute atomic E-state index is 0.109. The molecule has 1 fully saturated rings. The lowest BCUT2D eigenvalue weighted by atomic mass is 10.2. The Morgan fingerprint density at radius 2 is 2.16 bits per heavy atom. The molecule has 1 aliphatic heterocycles. The molecule has 8 heteroatoms. The third-order valence-corrected chi connectivity index (χ3v) is 5.17. The second-order valence-corrected chi connectivity index (χ2v) is 6.95. The predicted octanol–water partition coefficient (Wildman–Crippen LogP) is 2.12. The number of aromatic amines is 2. The number of nitrogens with one attached hydrogen (secondary N) is 2. The first-order valence-corrected chi connectivity index (χ1v) is 9.02. The first-order valence-electron chi connectivity index (χ1n) is 8.14. The van der Waals surface area contributed by atoms with E-state index in [1.54, 1.807) is 4.90 Å². The first kappa shape index (κ1) is 15.8. The number of thiazole rings is 1. The van der Waals surface area contributed by atoms with E-state index in [0.29, 0.717) is 18.1 Å². The fourth-order valence-corrected chi connectivity index (χ4v) is 3.95. The van der Waals surface area contributed by atoms with Gasteiger partial charge in [0.2, 0.25) is 0 Å². The Labute approximate surface area is 147 Å². The highest BCUT2D eigenvalue weighted by atomic mass is 32.1. The Kier molecular flexibility index (Phi) is 4.19. The standard InChI is InChI=1S/C17H17N5O2S/c23-16(22-8-4-7-13(22)15-19-17(24)21-20-15)12-10-25-14(18-12)9-11-5-2-1-3-6-11/h1-3,5-6,10,13H,4,7-9H2,(H2,19,20,21,24)/t13-/m0/s1. The lowest BCUT2D eigenvalue weighted by Crippen LogP contribution is -2.31. The molecule has 128 valence electrons. The van der Waals surface area contributed by atoms with E-state index in [1.165, 1.54) is 16.9 Å². The van der Waals surface area contributed by atoms with Crippen LogP contribution in [-0.4, -0.2) is 37.5 Å². The number of hydrogen-bond acceptors (Lipinski definition) is 5. The fourth-order valence-electron chi connectivity index (χ4n) is 3.14. The largest absolute Gasteiger partial charge is 0.340 e. The lowest BCUT2D eigenvalue weighted by Gasteiger charge is -2.21. The molecule has 7 nitrogen and oxygen atoms in total. The molecule has 3 aromatic rings. The second-order valence-electron chi connectivity index (χ2n) is 6.01. The van der Waals surface area contributed by atoms with Gasteiger partial charge in [0, 0.05) is 18.3 Å². The monoisotopic (exact) mass is 355 g/mol. The molecular formula is C17H17N5O2S. The minimum Gasteiger partial charge on any atom is -0.327 e. The van der Waals surface area contributed by atoms with Crippen molar-refractivity contribution in [3.63, 3.8) is 0 Å². The van der Waals surface area contributed by atoms with Crippen LogP contribution in [0.2, 0.25) is 0 Å². The summed E-state index contributed by atoms with van der Waals surface area (Å²) in [5.74, 6) is 0.400. The molecule has 1 aromatic carbocycles. The van der Waals surface area contributed by atoms with Gasteiger partial charge in [-0.3, -0.25) is 9.78 Å². The number of benzene rings is 1. The van der Waals surface area contributed by atoms with Crippen molar-refractivity contribution in [1.29, 1.82) is 0 Å². The van der Waals surface area contributed by atoms with E-state index >= 15 is 0 Å². The smallest absolute Gasteiger partial charge is 0.327 e.